The summed E-state index contributed by atoms with van der Waals surface area (Å²) < 4.78 is 31.8. The molecule has 3 amide bonds. The molecule has 182 valence electrons. The van der Waals surface area contributed by atoms with Gasteiger partial charge in [-0.2, -0.15) is 13.5 Å². The first-order valence-corrected chi connectivity index (χ1v) is 13.2. The zero-order valence-electron chi connectivity index (χ0n) is 19.5. The molecule has 0 saturated carbocycles. The highest BCUT2D eigenvalue weighted by molar-refractivity contribution is 7.91. The quantitative estimate of drug-likeness (QED) is 0.670. The van der Waals surface area contributed by atoms with Gasteiger partial charge in [-0.15, -0.1) is 0 Å². The number of piperidine rings is 1. The molecule has 1 aromatic carbocycles. The average Bonchev–Trinajstić information content (AvgIpc) is 3.51. The van der Waals surface area contributed by atoms with Crippen LogP contribution in [0.4, 0.5) is 16.2 Å². The van der Waals surface area contributed by atoms with Gasteiger partial charge in [-0.3, -0.25) is 9.48 Å². The number of carbonyl (C=O) groups is 2. The molecule has 1 unspecified atom stereocenters. The van der Waals surface area contributed by atoms with Crippen molar-refractivity contribution in [3.8, 4) is 0 Å². The van der Waals surface area contributed by atoms with Crippen LogP contribution in [-0.4, -0.2) is 54.7 Å². The van der Waals surface area contributed by atoms with Gasteiger partial charge >= 0.3 is 16.2 Å². The summed E-state index contributed by atoms with van der Waals surface area (Å²) in [6.45, 7) is 0.435. The Kier molecular flexibility index (Phi) is 5.75. The van der Waals surface area contributed by atoms with Crippen molar-refractivity contribution in [1.82, 2.24) is 19.4 Å². The predicted molar refractivity (Wildman–Crippen MR) is 128 cm³/mol. The first-order valence-electron chi connectivity index (χ1n) is 11.7. The summed E-state index contributed by atoms with van der Waals surface area (Å²) >= 11 is 0. The van der Waals surface area contributed by atoms with Gasteiger partial charge in [0.15, 0.2) is 0 Å². The molecule has 1 aliphatic heterocycles. The standard InChI is InChI=1S/C23H30N6O4S/c1-27-10-9-17(12-21(27)30)29(18-13-24-28(2)14-18)34(32,33)26-23(31)25-22-19-7-3-5-15(19)11-16-6-4-8-20(16)22/h11,13-14,17H,3-10,12H2,1-2H3,(H2,25,26,31). The fourth-order valence-corrected chi connectivity index (χ4v) is 6.80. The van der Waals surface area contributed by atoms with E-state index in [1.165, 1.54) is 22.0 Å². The van der Waals surface area contributed by atoms with Gasteiger partial charge in [-0.05, 0) is 67.2 Å². The van der Waals surface area contributed by atoms with Crippen molar-refractivity contribution < 1.29 is 18.0 Å². The normalized spacial score (nSPS) is 19.6. The van der Waals surface area contributed by atoms with Crippen LogP contribution in [0.1, 0.15) is 47.9 Å². The molecule has 0 radical (unpaired) electrons. The Morgan fingerprint density at radius 1 is 1.12 bits per heavy atom. The molecule has 0 spiro atoms. The van der Waals surface area contributed by atoms with Crippen molar-refractivity contribution in [2.45, 2.75) is 57.4 Å². The molecule has 1 fully saturated rings. The molecule has 5 rings (SSSR count). The summed E-state index contributed by atoms with van der Waals surface area (Å²) in [5.74, 6) is -0.139. The Labute approximate surface area is 199 Å². The van der Waals surface area contributed by atoms with Gasteiger partial charge in [-0.25, -0.2) is 13.8 Å². The molecule has 2 aromatic rings. The Morgan fingerprint density at radius 2 is 1.79 bits per heavy atom. The second-order valence-corrected chi connectivity index (χ2v) is 11.0. The topological polar surface area (TPSA) is 117 Å². The van der Waals surface area contributed by atoms with Crippen molar-refractivity contribution in [2.75, 3.05) is 23.2 Å². The molecule has 10 nitrogen and oxygen atoms in total. The molecule has 11 heteroatoms. The number of nitrogens with zero attached hydrogens (tertiary/aromatic N) is 4. The minimum absolute atomic E-state index is 0.0353. The third-order valence-electron chi connectivity index (χ3n) is 7.10. The van der Waals surface area contributed by atoms with Gasteiger partial charge in [0.05, 0.1) is 17.9 Å². The molecular weight excluding hydrogens is 456 g/mol. The maximum absolute atomic E-state index is 13.5. The van der Waals surface area contributed by atoms with Crippen LogP contribution >= 0.6 is 0 Å². The Hall–Kier alpha value is -3.08. The monoisotopic (exact) mass is 486 g/mol. The number of aryl methyl sites for hydroxylation is 3. The van der Waals surface area contributed by atoms with Crippen LogP contribution in [0.2, 0.25) is 0 Å². The number of benzene rings is 1. The second kappa shape index (κ2) is 8.61. The van der Waals surface area contributed by atoms with Crippen LogP contribution < -0.4 is 14.3 Å². The van der Waals surface area contributed by atoms with Crippen LogP contribution in [0.25, 0.3) is 0 Å². The molecule has 2 heterocycles. The zero-order chi connectivity index (χ0) is 24.0. The van der Waals surface area contributed by atoms with Crippen LogP contribution in [0.5, 0.6) is 0 Å². The summed E-state index contributed by atoms with van der Waals surface area (Å²) in [6, 6.07) is 0.858. The molecule has 3 aliphatic rings. The lowest BCUT2D eigenvalue weighted by Gasteiger charge is -2.36. The summed E-state index contributed by atoms with van der Waals surface area (Å²) in [4.78, 5) is 27.0. The molecule has 1 aromatic heterocycles. The van der Waals surface area contributed by atoms with E-state index < -0.39 is 22.3 Å². The number of rotatable bonds is 5. The number of fused-ring (bicyclic) bond motifs is 2. The van der Waals surface area contributed by atoms with Crippen molar-refractivity contribution >= 4 is 33.5 Å². The molecule has 1 saturated heterocycles. The van der Waals surface area contributed by atoms with E-state index in [4.69, 9.17) is 0 Å². The van der Waals surface area contributed by atoms with Gasteiger partial charge in [-0.1, -0.05) is 6.07 Å². The van der Waals surface area contributed by atoms with Crippen LogP contribution in [0, 0.1) is 0 Å². The minimum Gasteiger partial charge on any atom is -0.346 e. The smallest absolute Gasteiger partial charge is 0.334 e. The first-order chi connectivity index (χ1) is 16.2. The number of hydrogen-bond donors (Lipinski definition) is 2. The van der Waals surface area contributed by atoms with E-state index in [1.807, 2.05) is 0 Å². The summed E-state index contributed by atoms with van der Waals surface area (Å²) in [7, 11) is -0.919. The lowest BCUT2D eigenvalue weighted by molar-refractivity contribution is -0.132. The number of nitrogens with one attached hydrogen (secondary N) is 2. The molecule has 2 aliphatic carbocycles. The number of amides is 3. The van der Waals surface area contributed by atoms with Crippen molar-refractivity contribution in [3.63, 3.8) is 0 Å². The highest BCUT2D eigenvalue weighted by atomic mass is 32.2. The number of likely N-dealkylation sites (tertiary alicyclic amines) is 1. The SMILES string of the molecule is CN1CCC(N(c2cnn(C)c2)S(=O)(=O)NC(=O)Nc2c3c(cc4c2CCC4)CCC3)CC1=O. The van der Waals surface area contributed by atoms with Gasteiger partial charge in [0, 0.05) is 38.9 Å². The third kappa shape index (κ3) is 4.13. The molecule has 34 heavy (non-hydrogen) atoms. The highest BCUT2D eigenvalue weighted by Crippen LogP contribution is 2.38. The predicted octanol–water partition coefficient (Wildman–Crippen LogP) is 1.89. The van der Waals surface area contributed by atoms with Crippen LogP contribution in [-0.2, 0) is 47.7 Å². The lowest BCUT2D eigenvalue weighted by atomic mass is 9.99. The number of anilines is 2. The van der Waals surface area contributed by atoms with Crippen LogP contribution in [0.15, 0.2) is 18.5 Å². The number of hydrogen-bond acceptors (Lipinski definition) is 5. The van der Waals surface area contributed by atoms with E-state index >= 15 is 0 Å². The third-order valence-corrected chi connectivity index (χ3v) is 8.57. The van der Waals surface area contributed by atoms with E-state index in [2.05, 4.69) is 21.2 Å². The maximum atomic E-state index is 13.5. The summed E-state index contributed by atoms with van der Waals surface area (Å²) in [6.07, 6.45) is 9.28. The second-order valence-electron chi connectivity index (χ2n) is 9.43. The first kappa shape index (κ1) is 22.7. The van der Waals surface area contributed by atoms with Crippen molar-refractivity contribution in [2.24, 2.45) is 7.05 Å². The van der Waals surface area contributed by atoms with Crippen molar-refractivity contribution in [1.29, 1.82) is 0 Å². The summed E-state index contributed by atoms with van der Waals surface area (Å²) in [5, 5.41) is 6.97. The van der Waals surface area contributed by atoms with Gasteiger partial charge in [0.2, 0.25) is 5.91 Å². The largest absolute Gasteiger partial charge is 0.346 e. The Bertz CT molecular complexity index is 1220. The van der Waals surface area contributed by atoms with Crippen LogP contribution in [0.3, 0.4) is 0 Å². The molecule has 0 bridgehead atoms. The number of urea groups is 1. The molecule has 1 atom stereocenters. The molecule has 2 N–H and O–H groups in total. The Morgan fingerprint density at radius 3 is 2.38 bits per heavy atom. The lowest BCUT2D eigenvalue weighted by Crippen LogP contribution is -2.53. The van der Waals surface area contributed by atoms with Gasteiger partial charge < -0.3 is 10.2 Å². The number of carbonyl (C=O) groups excluding carboxylic acids is 2. The highest BCUT2D eigenvalue weighted by Gasteiger charge is 2.37. The van der Waals surface area contributed by atoms with Gasteiger partial charge in [0.25, 0.3) is 0 Å². The fraction of sp³-hybridized carbons (Fsp3) is 0.522. The van der Waals surface area contributed by atoms with Gasteiger partial charge in [0.1, 0.15) is 0 Å². The van der Waals surface area contributed by atoms with E-state index in [0.717, 1.165) is 59.6 Å². The summed E-state index contributed by atoms with van der Waals surface area (Å²) in [5.41, 5.74) is 5.84. The molecular formula is C23H30N6O4S. The van der Waals surface area contributed by atoms with E-state index in [1.54, 1.807) is 25.2 Å². The van der Waals surface area contributed by atoms with Crippen molar-refractivity contribution in [3.05, 3.63) is 40.7 Å². The zero-order valence-corrected chi connectivity index (χ0v) is 20.3. The Balaban J connectivity index is 1.41. The van der Waals surface area contributed by atoms with E-state index in [-0.39, 0.29) is 12.3 Å². The fourth-order valence-electron chi connectivity index (χ4n) is 5.47. The minimum atomic E-state index is -4.30. The number of aromatic nitrogens is 2. The average molecular weight is 487 g/mol. The maximum Gasteiger partial charge on any atom is 0.334 e. The van der Waals surface area contributed by atoms with E-state index in [9.17, 15) is 18.0 Å². The van der Waals surface area contributed by atoms with E-state index in [0.29, 0.717) is 18.7 Å².